The Kier molecular flexibility index (Phi) is 5.62. The fraction of sp³-hybridized carbons (Fsp3) is 0.750. The van der Waals surface area contributed by atoms with Crippen molar-refractivity contribution in [3.05, 3.63) is 0 Å². The highest BCUT2D eigenvalue weighted by Gasteiger charge is 2.21. The summed E-state index contributed by atoms with van der Waals surface area (Å²) in [6.45, 7) is 3.15. The summed E-state index contributed by atoms with van der Waals surface area (Å²) < 4.78 is 4.51. The van der Waals surface area contributed by atoms with Crippen LogP contribution in [0.4, 0.5) is 4.79 Å². The van der Waals surface area contributed by atoms with Gasteiger partial charge < -0.3 is 20.9 Å². The molecule has 0 saturated heterocycles. The molecule has 0 radical (unpaired) electrons. The van der Waals surface area contributed by atoms with Crippen molar-refractivity contribution in [2.45, 2.75) is 19.9 Å². The third kappa shape index (κ3) is 4.66. The summed E-state index contributed by atoms with van der Waals surface area (Å²) in [7, 11) is 0. The van der Waals surface area contributed by atoms with E-state index in [1.165, 1.54) is 0 Å². The lowest BCUT2D eigenvalue weighted by Crippen LogP contribution is -2.48. The number of nitrogens with two attached hydrogens (primary N) is 1. The summed E-state index contributed by atoms with van der Waals surface area (Å²) >= 11 is 0. The maximum atomic E-state index is 11.0. The Morgan fingerprint density at radius 1 is 1.50 bits per heavy atom. The van der Waals surface area contributed by atoms with Crippen LogP contribution in [-0.4, -0.2) is 36.4 Å². The Balaban J connectivity index is 4.04. The van der Waals surface area contributed by atoms with Crippen LogP contribution in [0.5, 0.6) is 0 Å². The molecule has 0 aliphatic heterocycles. The van der Waals surface area contributed by atoms with E-state index in [1.54, 1.807) is 13.8 Å². The Morgan fingerprint density at radius 2 is 2.07 bits per heavy atom. The van der Waals surface area contributed by atoms with Crippen molar-refractivity contribution < 1.29 is 19.4 Å². The minimum absolute atomic E-state index is 0.102. The molecule has 82 valence electrons. The zero-order valence-electron chi connectivity index (χ0n) is 8.32. The monoisotopic (exact) mass is 204 g/mol. The number of hydrogen-bond acceptors (Lipinski definition) is 4. The van der Waals surface area contributed by atoms with E-state index in [0.717, 1.165) is 0 Å². The first kappa shape index (κ1) is 12.7. The second-order valence-corrected chi connectivity index (χ2v) is 3.13. The molecular formula is C8H16N2O4. The quantitative estimate of drug-likeness (QED) is 0.546. The number of carbonyl (C=O) groups is 2. The van der Waals surface area contributed by atoms with Gasteiger partial charge in [0.2, 0.25) is 5.91 Å². The summed E-state index contributed by atoms with van der Waals surface area (Å²) in [5.74, 6) is -0.713. The summed E-state index contributed by atoms with van der Waals surface area (Å²) in [6, 6.07) is -0.749. The van der Waals surface area contributed by atoms with E-state index >= 15 is 0 Å². The Hall–Kier alpha value is -1.30. The van der Waals surface area contributed by atoms with Gasteiger partial charge >= 0.3 is 6.09 Å². The molecule has 14 heavy (non-hydrogen) atoms. The van der Waals surface area contributed by atoms with Crippen LogP contribution in [0.15, 0.2) is 0 Å². The van der Waals surface area contributed by atoms with Gasteiger partial charge in [-0.25, -0.2) is 4.79 Å². The molecule has 1 unspecified atom stereocenters. The molecule has 0 aliphatic rings. The minimum atomic E-state index is -0.753. The highest BCUT2D eigenvalue weighted by molar-refractivity contribution is 5.84. The molecule has 0 aromatic heterocycles. The first-order chi connectivity index (χ1) is 6.49. The molecule has 6 nitrogen and oxygen atoms in total. The van der Waals surface area contributed by atoms with Crippen molar-refractivity contribution in [1.29, 1.82) is 0 Å². The Morgan fingerprint density at radius 3 is 2.43 bits per heavy atom. The smallest absolute Gasteiger partial charge is 0.407 e. The SMILES string of the molecule is CC(C)C(NC(=O)OCCO)C(N)=O. The van der Waals surface area contributed by atoms with Crippen molar-refractivity contribution in [3.63, 3.8) is 0 Å². The fourth-order valence-corrected chi connectivity index (χ4v) is 0.873. The molecule has 0 heterocycles. The van der Waals surface area contributed by atoms with Crippen LogP contribution in [0, 0.1) is 5.92 Å². The lowest BCUT2D eigenvalue weighted by atomic mass is 10.0. The third-order valence-electron chi connectivity index (χ3n) is 1.57. The highest BCUT2D eigenvalue weighted by Crippen LogP contribution is 2.00. The van der Waals surface area contributed by atoms with Gasteiger partial charge in [0.05, 0.1) is 6.61 Å². The van der Waals surface area contributed by atoms with Crippen LogP contribution in [0.25, 0.3) is 0 Å². The van der Waals surface area contributed by atoms with E-state index < -0.39 is 18.0 Å². The molecule has 0 fully saturated rings. The van der Waals surface area contributed by atoms with Gasteiger partial charge in [0.1, 0.15) is 12.6 Å². The fourth-order valence-electron chi connectivity index (χ4n) is 0.873. The number of carbonyl (C=O) groups excluding carboxylic acids is 2. The van der Waals surface area contributed by atoms with E-state index in [0.29, 0.717) is 0 Å². The molecule has 0 bridgehead atoms. The molecular weight excluding hydrogens is 188 g/mol. The number of amides is 2. The van der Waals surface area contributed by atoms with Crippen molar-refractivity contribution in [2.24, 2.45) is 11.7 Å². The summed E-state index contributed by atoms with van der Waals surface area (Å²) in [5.41, 5.74) is 5.06. The predicted octanol–water partition coefficient (Wildman–Crippen LogP) is -0.785. The van der Waals surface area contributed by atoms with Crippen LogP contribution in [-0.2, 0) is 9.53 Å². The molecule has 1 atom stereocenters. The first-order valence-electron chi connectivity index (χ1n) is 4.32. The van der Waals surface area contributed by atoms with Crippen LogP contribution in [0.2, 0.25) is 0 Å². The highest BCUT2D eigenvalue weighted by atomic mass is 16.6. The Labute approximate surface area is 82.4 Å². The van der Waals surface area contributed by atoms with Crippen molar-refractivity contribution >= 4 is 12.0 Å². The molecule has 6 heteroatoms. The number of rotatable bonds is 5. The third-order valence-corrected chi connectivity index (χ3v) is 1.57. The number of hydrogen-bond donors (Lipinski definition) is 3. The molecule has 0 aromatic carbocycles. The number of aliphatic hydroxyl groups excluding tert-OH is 1. The number of nitrogens with one attached hydrogen (secondary N) is 1. The van der Waals surface area contributed by atoms with Crippen molar-refractivity contribution in [2.75, 3.05) is 13.2 Å². The number of alkyl carbamates (subject to hydrolysis) is 1. The van der Waals surface area contributed by atoms with Crippen molar-refractivity contribution in [3.8, 4) is 0 Å². The van der Waals surface area contributed by atoms with E-state index in [9.17, 15) is 9.59 Å². The number of primary amides is 1. The molecule has 4 N–H and O–H groups in total. The van der Waals surface area contributed by atoms with E-state index in [-0.39, 0.29) is 19.1 Å². The first-order valence-corrected chi connectivity index (χ1v) is 4.32. The van der Waals surface area contributed by atoms with E-state index in [2.05, 4.69) is 10.1 Å². The molecule has 0 aromatic rings. The maximum Gasteiger partial charge on any atom is 0.407 e. The van der Waals surface area contributed by atoms with Gasteiger partial charge in [-0.15, -0.1) is 0 Å². The summed E-state index contributed by atoms with van der Waals surface area (Å²) in [4.78, 5) is 21.8. The average molecular weight is 204 g/mol. The predicted molar refractivity (Wildman–Crippen MR) is 49.4 cm³/mol. The lowest BCUT2D eigenvalue weighted by molar-refractivity contribution is -0.120. The molecule has 0 spiro atoms. The maximum absolute atomic E-state index is 11.0. The summed E-state index contributed by atoms with van der Waals surface area (Å²) in [5, 5.41) is 10.7. The molecule has 0 saturated carbocycles. The topological polar surface area (TPSA) is 102 Å². The number of ether oxygens (including phenoxy) is 1. The minimum Gasteiger partial charge on any atom is -0.447 e. The van der Waals surface area contributed by atoms with Gasteiger partial charge in [-0.05, 0) is 5.92 Å². The van der Waals surface area contributed by atoms with Gasteiger partial charge in [-0.3, -0.25) is 4.79 Å². The zero-order valence-corrected chi connectivity index (χ0v) is 8.32. The zero-order chi connectivity index (χ0) is 11.1. The second kappa shape index (κ2) is 6.20. The molecule has 0 rings (SSSR count). The van der Waals surface area contributed by atoms with Gasteiger partial charge in [0.15, 0.2) is 0 Å². The van der Waals surface area contributed by atoms with Crippen molar-refractivity contribution in [1.82, 2.24) is 5.32 Å². The van der Waals surface area contributed by atoms with Gasteiger partial charge in [-0.1, -0.05) is 13.8 Å². The largest absolute Gasteiger partial charge is 0.447 e. The normalized spacial score (nSPS) is 12.3. The Bertz CT molecular complexity index is 206. The second-order valence-electron chi connectivity index (χ2n) is 3.13. The van der Waals surface area contributed by atoms with Gasteiger partial charge in [0, 0.05) is 0 Å². The molecule has 2 amide bonds. The molecule has 0 aliphatic carbocycles. The van der Waals surface area contributed by atoms with Gasteiger partial charge in [0.25, 0.3) is 0 Å². The standard InChI is InChI=1S/C8H16N2O4/c1-5(2)6(7(9)12)10-8(13)14-4-3-11/h5-6,11H,3-4H2,1-2H3,(H2,9,12)(H,10,13). The lowest BCUT2D eigenvalue weighted by Gasteiger charge is -2.18. The van der Waals surface area contributed by atoms with E-state index in [1.807, 2.05) is 0 Å². The van der Waals surface area contributed by atoms with Crippen LogP contribution >= 0.6 is 0 Å². The van der Waals surface area contributed by atoms with Crippen LogP contribution < -0.4 is 11.1 Å². The average Bonchev–Trinajstić information content (AvgIpc) is 2.09. The number of aliphatic hydroxyl groups is 1. The van der Waals surface area contributed by atoms with Crippen LogP contribution in [0.1, 0.15) is 13.8 Å². The summed E-state index contributed by atoms with van der Waals surface area (Å²) in [6.07, 6.45) is -0.753. The van der Waals surface area contributed by atoms with Crippen LogP contribution in [0.3, 0.4) is 0 Å². The van der Waals surface area contributed by atoms with Gasteiger partial charge in [-0.2, -0.15) is 0 Å². The van der Waals surface area contributed by atoms with E-state index in [4.69, 9.17) is 10.8 Å².